The summed E-state index contributed by atoms with van der Waals surface area (Å²) >= 11 is 0. The van der Waals surface area contributed by atoms with Crippen LogP contribution in [0.1, 0.15) is 11.6 Å². The van der Waals surface area contributed by atoms with Gasteiger partial charge in [0.2, 0.25) is 5.91 Å². The molecule has 1 atom stereocenters. The summed E-state index contributed by atoms with van der Waals surface area (Å²) in [6.07, 6.45) is 0.0427. The van der Waals surface area contributed by atoms with Gasteiger partial charge in [0.25, 0.3) is 5.56 Å². The van der Waals surface area contributed by atoms with Crippen molar-refractivity contribution >= 4 is 22.8 Å². The summed E-state index contributed by atoms with van der Waals surface area (Å²) in [4.78, 5) is 51.2. The zero-order valence-electron chi connectivity index (χ0n) is 14.2. The molecule has 3 rings (SSSR count). The summed E-state index contributed by atoms with van der Waals surface area (Å²) in [7, 11) is 0. The molecule has 1 heterocycles. The van der Waals surface area contributed by atoms with Crippen molar-refractivity contribution in [1.29, 1.82) is 0 Å². The number of nitrogens with one attached hydrogen (secondary N) is 2. The number of aromatic nitrogens is 2. The number of nitrogens with zero attached hydrogens (tertiary/aromatic N) is 1. The Balaban J connectivity index is 2.11. The Morgan fingerprint density at radius 3 is 2.41 bits per heavy atom. The summed E-state index contributed by atoms with van der Waals surface area (Å²) < 4.78 is 0.819. The molecule has 2 aromatic carbocycles. The number of carboxylic acids is 1. The van der Waals surface area contributed by atoms with Crippen molar-refractivity contribution in [1.82, 2.24) is 14.9 Å². The number of benzene rings is 2. The van der Waals surface area contributed by atoms with Crippen LogP contribution in [0.4, 0.5) is 0 Å². The second-order valence-electron chi connectivity index (χ2n) is 5.95. The van der Waals surface area contributed by atoms with Crippen LogP contribution in [0, 0.1) is 0 Å². The summed E-state index contributed by atoms with van der Waals surface area (Å²) in [5.74, 6) is -2.23. The highest BCUT2D eigenvalue weighted by molar-refractivity contribution is 5.84. The molecule has 8 nitrogen and oxygen atoms in total. The summed E-state index contributed by atoms with van der Waals surface area (Å²) in [6, 6.07) is 14.1. The highest BCUT2D eigenvalue weighted by Crippen LogP contribution is 2.13. The minimum absolute atomic E-state index is 0.0427. The first-order valence-corrected chi connectivity index (χ1v) is 8.22. The van der Waals surface area contributed by atoms with Crippen molar-refractivity contribution in [3.05, 3.63) is 81.0 Å². The average Bonchev–Trinajstić information content (AvgIpc) is 2.66. The zero-order valence-corrected chi connectivity index (χ0v) is 14.2. The zero-order chi connectivity index (χ0) is 19.4. The van der Waals surface area contributed by atoms with Crippen molar-refractivity contribution < 1.29 is 14.7 Å². The maximum Gasteiger partial charge on any atom is 0.329 e. The fraction of sp³-hybridized carbons (Fsp3) is 0.158. The van der Waals surface area contributed by atoms with Crippen molar-refractivity contribution in [2.24, 2.45) is 0 Å². The predicted octanol–water partition coefficient (Wildman–Crippen LogP) is -0.660. The number of carbonyl (C=O) groups excluding carboxylic acids is 2. The van der Waals surface area contributed by atoms with E-state index in [2.05, 4.69) is 10.3 Å². The first-order valence-electron chi connectivity index (χ1n) is 8.22. The van der Waals surface area contributed by atoms with Crippen molar-refractivity contribution in [2.75, 3.05) is 6.54 Å². The van der Waals surface area contributed by atoms with E-state index in [4.69, 9.17) is 0 Å². The number of H-pyrrole nitrogens is 1. The molecule has 27 heavy (non-hydrogen) atoms. The number of hydrogen-bond donors (Lipinski definition) is 2. The third-order valence-electron chi connectivity index (χ3n) is 4.13. The Hall–Kier alpha value is -3.68. The molecule has 3 aromatic rings. The second kappa shape index (κ2) is 7.69. The third-order valence-corrected chi connectivity index (χ3v) is 4.13. The molecule has 1 amide bonds. The summed E-state index contributed by atoms with van der Waals surface area (Å²) in [5, 5.41) is 13.1. The molecule has 0 aliphatic carbocycles. The van der Waals surface area contributed by atoms with E-state index in [-0.39, 0.29) is 11.8 Å². The van der Waals surface area contributed by atoms with E-state index in [1.807, 2.05) is 0 Å². The lowest BCUT2D eigenvalue weighted by Crippen LogP contribution is -2.47. The minimum Gasteiger partial charge on any atom is -0.548 e. The second-order valence-corrected chi connectivity index (χ2v) is 5.95. The van der Waals surface area contributed by atoms with Gasteiger partial charge in [0.05, 0.1) is 23.4 Å². The molecule has 0 unspecified atom stereocenters. The lowest BCUT2D eigenvalue weighted by molar-refractivity contribution is -0.304. The number of hydrogen-bond acceptors (Lipinski definition) is 5. The van der Waals surface area contributed by atoms with Crippen molar-refractivity contribution in [3.63, 3.8) is 0 Å². The molecule has 0 bridgehead atoms. The molecule has 8 heteroatoms. The van der Waals surface area contributed by atoms with Crippen LogP contribution in [0.2, 0.25) is 0 Å². The Bertz CT molecular complexity index is 1100. The smallest absolute Gasteiger partial charge is 0.329 e. The van der Waals surface area contributed by atoms with Gasteiger partial charge in [-0.3, -0.25) is 9.59 Å². The Labute approximate surface area is 153 Å². The van der Waals surface area contributed by atoms with E-state index in [0.29, 0.717) is 11.1 Å². The van der Waals surface area contributed by atoms with Crippen LogP contribution in [0.15, 0.2) is 64.2 Å². The quantitative estimate of drug-likeness (QED) is 0.599. The Kier molecular flexibility index (Phi) is 5.16. The van der Waals surface area contributed by atoms with Crippen molar-refractivity contribution in [2.45, 2.75) is 12.5 Å². The topological polar surface area (TPSA) is 124 Å². The number of fused-ring (bicyclic) bond motifs is 1. The number of rotatable bonds is 6. The number of aromatic amines is 1. The lowest BCUT2D eigenvalue weighted by Gasteiger charge is -2.19. The first kappa shape index (κ1) is 18.1. The van der Waals surface area contributed by atoms with E-state index in [1.165, 1.54) is 0 Å². The standard InChI is InChI=1S/C19H17N3O5/c23-16(24)11-20-17(25)15(10-12-6-2-1-3-7-12)22-18(26)13-8-4-5-9-14(13)21-19(22)27/h1-9,15H,10-11H2,(H,20,25)(H,21,27)(H,23,24)/p-1/t15-/m1/s1. The van der Waals surface area contributed by atoms with Gasteiger partial charge in [-0.1, -0.05) is 42.5 Å². The minimum atomic E-state index is -1.47. The molecule has 138 valence electrons. The molecule has 0 aliphatic rings. The van der Waals surface area contributed by atoms with Gasteiger partial charge in [0, 0.05) is 6.42 Å². The van der Waals surface area contributed by atoms with Crippen LogP contribution in [0.5, 0.6) is 0 Å². The molecule has 0 fully saturated rings. The van der Waals surface area contributed by atoms with E-state index >= 15 is 0 Å². The van der Waals surface area contributed by atoms with E-state index in [9.17, 15) is 24.3 Å². The number of carboxylic acid groups (broad SMARTS) is 1. The predicted molar refractivity (Wildman–Crippen MR) is 96.0 cm³/mol. The highest BCUT2D eigenvalue weighted by atomic mass is 16.4. The molecule has 1 aromatic heterocycles. The fourth-order valence-corrected chi connectivity index (χ4v) is 2.87. The number of para-hydroxylation sites is 1. The molecular weight excluding hydrogens is 350 g/mol. The van der Waals surface area contributed by atoms with E-state index in [0.717, 1.165) is 4.57 Å². The van der Waals surface area contributed by atoms with Crippen LogP contribution in [0.3, 0.4) is 0 Å². The number of carbonyl (C=O) groups is 2. The van der Waals surface area contributed by atoms with Gasteiger partial charge in [-0.15, -0.1) is 0 Å². The monoisotopic (exact) mass is 366 g/mol. The Morgan fingerprint density at radius 2 is 1.70 bits per heavy atom. The average molecular weight is 366 g/mol. The number of aliphatic carboxylic acids is 1. The lowest BCUT2D eigenvalue weighted by atomic mass is 10.0. The van der Waals surface area contributed by atoms with Crippen LogP contribution in [-0.4, -0.2) is 28.0 Å². The molecule has 0 saturated heterocycles. The molecule has 0 aliphatic heterocycles. The van der Waals surface area contributed by atoms with E-state index < -0.39 is 35.7 Å². The first-order chi connectivity index (χ1) is 13.0. The molecule has 0 spiro atoms. The maximum atomic E-state index is 12.9. The molecule has 0 saturated carbocycles. The van der Waals surface area contributed by atoms with Gasteiger partial charge in [0.1, 0.15) is 6.04 Å². The maximum absolute atomic E-state index is 12.9. The fourth-order valence-electron chi connectivity index (χ4n) is 2.87. The van der Waals surface area contributed by atoms with Gasteiger partial charge in [0.15, 0.2) is 0 Å². The van der Waals surface area contributed by atoms with Crippen LogP contribution >= 0.6 is 0 Å². The van der Waals surface area contributed by atoms with Gasteiger partial charge in [-0.25, -0.2) is 9.36 Å². The van der Waals surface area contributed by atoms with E-state index in [1.54, 1.807) is 54.6 Å². The molecule has 2 N–H and O–H groups in total. The summed E-state index contributed by atoms with van der Waals surface area (Å²) in [6.45, 7) is -0.718. The molecule has 0 radical (unpaired) electrons. The van der Waals surface area contributed by atoms with Gasteiger partial charge < -0.3 is 20.2 Å². The Morgan fingerprint density at radius 1 is 1.04 bits per heavy atom. The van der Waals surface area contributed by atoms with Gasteiger partial charge in [-0.2, -0.15) is 0 Å². The van der Waals surface area contributed by atoms with Gasteiger partial charge in [-0.05, 0) is 17.7 Å². The highest BCUT2D eigenvalue weighted by Gasteiger charge is 2.25. The number of amides is 1. The molecular formula is C19H16N3O5-. The van der Waals surface area contributed by atoms with Gasteiger partial charge >= 0.3 is 5.69 Å². The SMILES string of the molecule is O=C([O-])CNC(=O)[C@@H](Cc1ccccc1)n1c(=O)[nH]c2ccccc2c1=O. The third kappa shape index (κ3) is 3.95. The normalized spacial score (nSPS) is 11.9. The van der Waals surface area contributed by atoms with Crippen molar-refractivity contribution in [3.8, 4) is 0 Å². The van der Waals surface area contributed by atoms with Crippen LogP contribution in [0.25, 0.3) is 10.9 Å². The van der Waals surface area contributed by atoms with Crippen LogP contribution < -0.4 is 21.7 Å². The van der Waals surface area contributed by atoms with Crippen LogP contribution in [-0.2, 0) is 16.0 Å². The summed E-state index contributed by atoms with van der Waals surface area (Å²) in [5.41, 5.74) is -0.301. The largest absolute Gasteiger partial charge is 0.548 e.